The van der Waals surface area contributed by atoms with Crippen LogP contribution in [0.5, 0.6) is 0 Å². The van der Waals surface area contributed by atoms with E-state index in [-0.39, 0.29) is 17.7 Å². The molecule has 1 aromatic heterocycles. The molecule has 180 valence electrons. The molecule has 1 saturated heterocycles. The summed E-state index contributed by atoms with van der Waals surface area (Å²) in [6.45, 7) is 6.00. The number of likely N-dealkylation sites (tertiary alicyclic amines) is 1. The van der Waals surface area contributed by atoms with Crippen molar-refractivity contribution in [3.63, 3.8) is 0 Å². The standard InChI is InChI=1S/C24H31F3N4O2/c1-15(2)13-21(32)31-12-9-20-18(14-31)22(29-28-20)23(33)30-10-7-16(8-11-30)17-5-3-4-6-19(17)24(25,26)27/h3-6,15-16,23,33H,7-14H2,1-2H3,(H,28,29). The van der Waals surface area contributed by atoms with Crippen molar-refractivity contribution >= 4 is 5.91 Å². The maximum absolute atomic E-state index is 13.4. The first kappa shape index (κ1) is 23.8. The Kier molecular flexibility index (Phi) is 6.81. The molecule has 33 heavy (non-hydrogen) atoms. The number of alkyl halides is 3. The number of halogens is 3. The number of amides is 1. The lowest BCUT2D eigenvalue weighted by Crippen LogP contribution is -2.39. The number of H-pyrrole nitrogens is 1. The fourth-order valence-corrected chi connectivity index (χ4v) is 4.96. The van der Waals surface area contributed by atoms with Crippen molar-refractivity contribution < 1.29 is 23.1 Å². The Labute approximate surface area is 191 Å². The average molecular weight is 465 g/mol. The van der Waals surface area contributed by atoms with E-state index in [0.717, 1.165) is 17.3 Å². The molecule has 9 heteroatoms. The highest BCUT2D eigenvalue weighted by molar-refractivity contribution is 5.76. The van der Waals surface area contributed by atoms with Crippen LogP contribution in [-0.2, 0) is 23.9 Å². The van der Waals surface area contributed by atoms with E-state index in [1.165, 1.54) is 6.07 Å². The Morgan fingerprint density at radius 3 is 2.58 bits per heavy atom. The molecule has 0 bridgehead atoms. The van der Waals surface area contributed by atoms with E-state index in [2.05, 4.69) is 10.2 Å². The lowest BCUT2D eigenvalue weighted by molar-refractivity contribution is -0.138. The molecule has 0 saturated carbocycles. The van der Waals surface area contributed by atoms with E-state index >= 15 is 0 Å². The van der Waals surface area contributed by atoms with Gasteiger partial charge in [0, 0.05) is 50.3 Å². The predicted octanol–water partition coefficient (Wildman–Crippen LogP) is 4.23. The number of benzene rings is 1. The van der Waals surface area contributed by atoms with Gasteiger partial charge in [-0.2, -0.15) is 18.3 Å². The number of carbonyl (C=O) groups excluding carboxylic acids is 1. The largest absolute Gasteiger partial charge is 0.416 e. The summed E-state index contributed by atoms with van der Waals surface area (Å²) in [4.78, 5) is 16.2. The SMILES string of the molecule is CC(C)CC(=O)N1CCc2[nH]nc(C(O)N3CCC(c4ccccc4C(F)(F)F)CC3)c2C1. The molecule has 1 aromatic carbocycles. The maximum atomic E-state index is 13.4. The fourth-order valence-electron chi connectivity index (χ4n) is 4.96. The number of aromatic amines is 1. The molecular weight excluding hydrogens is 433 g/mol. The number of aliphatic hydroxyl groups is 1. The molecule has 2 N–H and O–H groups in total. The summed E-state index contributed by atoms with van der Waals surface area (Å²) in [5.74, 6) is 0.169. The van der Waals surface area contributed by atoms with Crippen molar-refractivity contribution in [2.75, 3.05) is 19.6 Å². The summed E-state index contributed by atoms with van der Waals surface area (Å²) >= 11 is 0. The van der Waals surface area contributed by atoms with Crippen LogP contribution in [0.2, 0.25) is 0 Å². The van der Waals surface area contributed by atoms with Crippen LogP contribution in [0.3, 0.4) is 0 Å². The third kappa shape index (κ3) is 5.09. The third-order valence-corrected chi connectivity index (χ3v) is 6.73. The number of aliphatic hydroxyl groups excluding tert-OH is 1. The van der Waals surface area contributed by atoms with Gasteiger partial charge in [-0.1, -0.05) is 32.0 Å². The number of aromatic nitrogens is 2. The molecule has 1 unspecified atom stereocenters. The summed E-state index contributed by atoms with van der Waals surface area (Å²) in [7, 11) is 0. The zero-order valence-electron chi connectivity index (χ0n) is 19.0. The minimum Gasteiger partial charge on any atom is -0.372 e. The van der Waals surface area contributed by atoms with Gasteiger partial charge in [0.15, 0.2) is 6.23 Å². The molecule has 1 atom stereocenters. The molecule has 3 heterocycles. The van der Waals surface area contributed by atoms with Gasteiger partial charge >= 0.3 is 6.18 Å². The fraction of sp³-hybridized carbons (Fsp3) is 0.583. The van der Waals surface area contributed by atoms with Gasteiger partial charge in [-0.25, -0.2) is 0 Å². The minimum absolute atomic E-state index is 0.0986. The number of rotatable bonds is 5. The van der Waals surface area contributed by atoms with Crippen LogP contribution in [0.1, 0.15) is 73.3 Å². The summed E-state index contributed by atoms with van der Waals surface area (Å²) in [6, 6.07) is 5.76. The van der Waals surface area contributed by atoms with Gasteiger partial charge in [0.25, 0.3) is 0 Å². The first-order chi connectivity index (χ1) is 15.6. The zero-order valence-corrected chi connectivity index (χ0v) is 19.0. The van der Waals surface area contributed by atoms with Crippen LogP contribution in [0.25, 0.3) is 0 Å². The highest BCUT2D eigenvalue weighted by atomic mass is 19.4. The Balaban J connectivity index is 1.43. The van der Waals surface area contributed by atoms with Crippen molar-refractivity contribution in [3.8, 4) is 0 Å². The van der Waals surface area contributed by atoms with Gasteiger partial charge in [-0.3, -0.25) is 14.8 Å². The number of piperidine rings is 1. The second-order valence-electron chi connectivity index (χ2n) is 9.50. The Morgan fingerprint density at radius 1 is 1.21 bits per heavy atom. The lowest BCUT2D eigenvalue weighted by atomic mass is 9.86. The molecule has 1 fully saturated rings. The van der Waals surface area contributed by atoms with E-state index in [4.69, 9.17) is 0 Å². The Hall–Kier alpha value is -2.39. The maximum Gasteiger partial charge on any atom is 0.416 e. The van der Waals surface area contributed by atoms with Crippen LogP contribution in [0, 0.1) is 5.92 Å². The number of fused-ring (bicyclic) bond motifs is 1. The number of nitrogens with one attached hydrogen (secondary N) is 1. The van der Waals surface area contributed by atoms with E-state index in [9.17, 15) is 23.1 Å². The second kappa shape index (κ2) is 9.46. The van der Waals surface area contributed by atoms with Gasteiger partial charge in [-0.15, -0.1) is 0 Å². The predicted molar refractivity (Wildman–Crippen MR) is 117 cm³/mol. The Bertz CT molecular complexity index is 980. The normalized spacial score (nSPS) is 19.1. The van der Waals surface area contributed by atoms with Gasteiger partial charge in [0.2, 0.25) is 5.91 Å². The number of hydrogen-bond acceptors (Lipinski definition) is 4. The van der Waals surface area contributed by atoms with E-state index in [1.54, 1.807) is 12.1 Å². The summed E-state index contributed by atoms with van der Waals surface area (Å²) in [6.07, 6.45) is -3.14. The highest BCUT2D eigenvalue weighted by Crippen LogP contribution is 2.39. The Morgan fingerprint density at radius 2 is 1.91 bits per heavy atom. The third-order valence-electron chi connectivity index (χ3n) is 6.73. The van der Waals surface area contributed by atoms with E-state index < -0.39 is 18.0 Å². The van der Waals surface area contributed by atoms with Crippen LogP contribution in [-0.4, -0.2) is 50.6 Å². The monoisotopic (exact) mass is 464 g/mol. The molecule has 0 aliphatic carbocycles. The van der Waals surface area contributed by atoms with Crippen LogP contribution < -0.4 is 0 Å². The van der Waals surface area contributed by atoms with Gasteiger partial charge < -0.3 is 10.0 Å². The molecular formula is C24H31F3N4O2. The first-order valence-corrected chi connectivity index (χ1v) is 11.6. The highest BCUT2D eigenvalue weighted by Gasteiger charge is 2.37. The molecule has 2 aliphatic rings. The zero-order chi connectivity index (χ0) is 23.8. The van der Waals surface area contributed by atoms with Crippen LogP contribution in [0.15, 0.2) is 24.3 Å². The van der Waals surface area contributed by atoms with Crippen molar-refractivity contribution in [3.05, 3.63) is 52.3 Å². The van der Waals surface area contributed by atoms with Crippen molar-refractivity contribution in [1.82, 2.24) is 20.0 Å². The van der Waals surface area contributed by atoms with Crippen LogP contribution >= 0.6 is 0 Å². The molecule has 4 rings (SSSR count). The van der Waals surface area contributed by atoms with Crippen LogP contribution in [0.4, 0.5) is 13.2 Å². The summed E-state index contributed by atoms with van der Waals surface area (Å²) < 4.78 is 40.3. The van der Waals surface area contributed by atoms with E-state index in [1.807, 2.05) is 23.6 Å². The average Bonchev–Trinajstić information content (AvgIpc) is 3.21. The van der Waals surface area contributed by atoms with Gasteiger partial charge in [0.05, 0.1) is 5.56 Å². The lowest BCUT2D eigenvalue weighted by Gasteiger charge is -2.36. The smallest absolute Gasteiger partial charge is 0.372 e. The molecule has 6 nitrogen and oxygen atoms in total. The summed E-state index contributed by atoms with van der Waals surface area (Å²) in [5.41, 5.74) is 2.07. The van der Waals surface area contributed by atoms with Crippen molar-refractivity contribution in [1.29, 1.82) is 0 Å². The first-order valence-electron chi connectivity index (χ1n) is 11.6. The van der Waals surface area contributed by atoms with Gasteiger partial charge in [-0.05, 0) is 36.3 Å². The van der Waals surface area contributed by atoms with E-state index in [0.29, 0.717) is 63.1 Å². The molecule has 2 aliphatic heterocycles. The molecule has 0 radical (unpaired) electrons. The van der Waals surface area contributed by atoms with Crippen molar-refractivity contribution in [2.45, 2.75) is 64.4 Å². The molecule has 1 amide bonds. The molecule has 0 spiro atoms. The number of hydrogen-bond donors (Lipinski definition) is 2. The summed E-state index contributed by atoms with van der Waals surface area (Å²) in [5, 5.41) is 18.4. The second-order valence-corrected chi connectivity index (χ2v) is 9.50. The van der Waals surface area contributed by atoms with Crippen molar-refractivity contribution in [2.24, 2.45) is 5.92 Å². The van der Waals surface area contributed by atoms with Gasteiger partial charge in [0.1, 0.15) is 5.69 Å². The quantitative estimate of drug-likeness (QED) is 0.695. The molecule has 2 aromatic rings. The number of nitrogens with zero attached hydrogens (tertiary/aromatic N) is 3. The number of carbonyl (C=O) groups is 1. The minimum atomic E-state index is -4.37. The topological polar surface area (TPSA) is 72.5 Å².